The van der Waals surface area contributed by atoms with Crippen molar-refractivity contribution in [3.8, 4) is 0 Å². The van der Waals surface area contributed by atoms with Gasteiger partial charge in [-0.25, -0.2) is 8.78 Å². The summed E-state index contributed by atoms with van der Waals surface area (Å²) in [4.78, 5) is 0.952. The number of alkyl halides is 5. The lowest BCUT2D eigenvalue weighted by molar-refractivity contribution is -0.137. The third kappa shape index (κ3) is 3.83. The Balaban J connectivity index is 3.11. The summed E-state index contributed by atoms with van der Waals surface area (Å²) < 4.78 is 62.9. The largest absolute Gasteiger partial charge is 0.418 e. The Morgan fingerprint density at radius 1 is 1.17 bits per heavy atom. The van der Waals surface area contributed by atoms with E-state index in [4.69, 9.17) is 5.73 Å². The van der Waals surface area contributed by atoms with Crippen molar-refractivity contribution >= 4 is 5.69 Å². The maximum atomic E-state index is 12.7. The zero-order chi connectivity index (χ0) is 13.8. The monoisotopic (exact) mass is 268 g/mol. The summed E-state index contributed by atoms with van der Waals surface area (Å²) in [5.74, 6) is 0. The van der Waals surface area contributed by atoms with Crippen LogP contribution in [0.3, 0.4) is 0 Å². The van der Waals surface area contributed by atoms with E-state index in [1.54, 1.807) is 0 Å². The quantitative estimate of drug-likeness (QED) is 0.832. The summed E-state index contributed by atoms with van der Waals surface area (Å²) in [5, 5.41) is 0. The minimum absolute atomic E-state index is 0.00108. The molecule has 0 bridgehead atoms. The molecule has 102 valence electrons. The molecule has 0 aromatic heterocycles. The summed E-state index contributed by atoms with van der Waals surface area (Å²) in [6.45, 7) is -0.833. The number of benzene rings is 1. The number of halogens is 5. The third-order valence-corrected chi connectivity index (χ3v) is 2.31. The molecule has 0 spiro atoms. The molecule has 1 aromatic rings. The molecule has 1 aromatic carbocycles. The van der Waals surface area contributed by atoms with Crippen LogP contribution in [0.15, 0.2) is 24.3 Å². The van der Waals surface area contributed by atoms with Gasteiger partial charge in [0.05, 0.1) is 12.1 Å². The highest BCUT2D eigenvalue weighted by Gasteiger charge is 2.34. The molecule has 0 atom stereocenters. The Morgan fingerprint density at radius 3 is 2.28 bits per heavy atom. The lowest BCUT2D eigenvalue weighted by Gasteiger charge is -2.26. The molecule has 2 N–H and O–H groups in total. The molecule has 2 nitrogen and oxygen atoms in total. The first kappa shape index (κ1) is 14.7. The van der Waals surface area contributed by atoms with Gasteiger partial charge in [-0.1, -0.05) is 12.1 Å². The van der Waals surface area contributed by atoms with Crippen LogP contribution in [-0.2, 0) is 6.18 Å². The topological polar surface area (TPSA) is 29.3 Å². The summed E-state index contributed by atoms with van der Waals surface area (Å²) in [5.41, 5.74) is 4.03. The van der Waals surface area contributed by atoms with Gasteiger partial charge in [0.1, 0.15) is 0 Å². The second kappa shape index (κ2) is 5.99. The molecule has 0 aliphatic rings. The molecule has 0 fully saturated rings. The standard InChI is InChI=1S/C11H13F5N2/c12-10(13)7-18(6-5-17)9-4-2-1-3-8(9)11(14,15)16/h1-4,10H,5-7,17H2. The van der Waals surface area contributed by atoms with Crippen LogP contribution in [0.4, 0.5) is 27.6 Å². The van der Waals surface area contributed by atoms with Crippen LogP contribution < -0.4 is 10.6 Å². The van der Waals surface area contributed by atoms with E-state index in [1.165, 1.54) is 18.2 Å². The van der Waals surface area contributed by atoms with Crippen molar-refractivity contribution in [2.75, 3.05) is 24.5 Å². The average Bonchev–Trinajstić information content (AvgIpc) is 2.27. The second-order valence-corrected chi connectivity index (χ2v) is 3.64. The number of para-hydroxylation sites is 1. The molecule has 0 amide bonds. The fourth-order valence-electron chi connectivity index (χ4n) is 1.62. The maximum absolute atomic E-state index is 12.7. The van der Waals surface area contributed by atoms with Crippen LogP contribution in [0.25, 0.3) is 0 Å². The number of hydrogen-bond acceptors (Lipinski definition) is 2. The summed E-state index contributed by atoms with van der Waals surface area (Å²) in [7, 11) is 0. The van der Waals surface area contributed by atoms with Gasteiger partial charge in [-0.2, -0.15) is 13.2 Å². The zero-order valence-corrected chi connectivity index (χ0v) is 9.42. The van der Waals surface area contributed by atoms with E-state index in [-0.39, 0.29) is 18.8 Å². The van der Waals surface area contributed by atoms with Crippen molar-refractivity contribution in [1.82, 2.24) is 0 Å². The van der Waals surface area contributed by atoms with Crippen LogP contribution >= 0.6 is 0 Å². The molecular weight excluding hydrogens is 255 g/mol. The first-order chi connectivity index (χ1) is 8.36. The highest BCUT2D eigenvalue weighted by Crippen LogP contribution is 2.36. The molecule has 0 saturated heterocycles. The average molecular weight is 268 g/mol. The molecule has 7 heteroatoms. The van der Waals surface area contributed by atoms with Gasteiger partial charge in [0.2, 0.25) is 0 Å². The molecular formula is C11H13F5N2. The SMILES string of the molecule is NCCN(CC(F)F)c1ccccc1C(F)(F)F. The van der Waals surface area contributed by atoms with Crippen LogP contribution in [0.2, 0.25) is 0 Å². The van der Waals surface area contributed by atoms with Crippen molar-refractivity contribution in [3.63, 3.8) is 0 Å². The first-order valence-corrected chi connectivity index (χ1v) is 5.25. The van der Waals surface area contributed by atoms with E-state index in [0.717, 1.165) is 11.0 Å². The molecule has 0 aliphatic heterocycles. The second-order valence-electron chi connectivity index (χ2n) is 3.64. The fourth-order valence-corrected chi connectivity index (χ4v) is 1.62. The lowest BCUT2D eigenvalue weighted by Crippen LogP contribution is -2.35. The molecule has 18 heavy (non-hydrogen) atoms. The predicted molar refractivity (Wildman–Crippen MR) is 58.7 cm³/mol. The number of hydrogen-bond donors (Lipinski definition) is 1. The molecule has 0 unspecified atom stereocenters. The molecule has 0 saturated carbocycles. The van der Waals surface area contributed by atoms with Crippen molar-refractivity contribution in [1.29, 1.82) is 0 Å². The van der Waals surface area contributed by atoms with E-state index in [9.17, 15) is 22.0 Å². The lowest BCUT2D eigenvalue weighted by atomic mass is 10.1. The van der Waals surface area contributed by atoms with E-state index in [2.05, 4.69) is 0 Å². The van der Waals surface area contributed by atoms with E-state index >= 15 is 0 Å². The van der Waals surface area contributed by atoms with Crippen LogP contribution in [0.5, 0.6) is 0 Å². The third-order valence-electron chi connectivity index (χ3n) is 2.31. The summed E-state index contributed by atoms with van der Waals surface area (Å²) in [6, 6.07) is 4.63. The van der Waals surface area contributed by atoms with Gasteiger partial charge in [0, 0.05) is 18.8 Å². The minimum atomic E-state index is -4.58. The van der Waals surface area contributed by atoms with Gasteiger partial charge < -0.3 is 10.6 Å². The van der Waals surface area contributed by atoms with Gasteiger partial charge in [-0.05, 0) is 12.1 Å². The van der Waals surface area contributed by atoms with Crippen LogP contribution in [0.1, 0.15) is 5.56 Å². The number of anilines is 1. The van der Waals surface area contributed by atoms with Gasteiger partial charge in [0.25, 0.3) is 6.43 Å². The smallest absolute Gasteiger partial charge is 0.364 e. The Kier molecular flexibility index (Phi) is 4.89. The highest BCUT2D eigenvalue weighted by molar-refractivity contribution is 5.55. The first-order valence-electron chi connectivity index (χ1n) is 5.25. The number of nitrogens with zero attached hydrogens (tertiary/aromatic N) is 1. The maximum Gasteiger partial charge on any atom is 0.418 e. The normalized spacial score (nSPS) is 11.9. The van der Waals surface area contributed by atoms with E-state index in [0.29, 0.717) is 0 Å². The number of nitrogens with two attached hydrogens (primary N) is 1. The molecule has 0 heterocycles. The van der Waals surface area contributed by atoms with Crippen molar-refractivity contribution in [3.05, 3.63) is 29.8 Å². The zero-order valence-electron chi connectivity index (χ0n) is 9.42. The van der Waals surface area contributed by atoms with E-state index < -0.39 is 24.7 Å². The van der Waals surface area contributed by atoms with Crippen LogP contribution in [0, 0.1) is 0 Å². The predicted octanol–water partition coefficient (Wildman–Crippen LogP) is 2.74. The summed E-state index contributed by atoms with van der Waals surface area (Å²) in [6.07, 6.45) is -7.30. The molecule has 1 rings (SSSR count). The molecule has 0 radical (unpaired) electrons. The van der Waals surface area contributed by atoms with Gasteiger partial charge in [-0.3, -0.25) is 0 Å². The fraction of sp³-hybridized carbons (Fsp3) is 0.455. The Bertz CT molecular complexity index is 378. The Labute approximate surface area is 101 Å². The number of rotatable bonds is 5. The van der Waals surface area contributed by atoms with E-state index in [1.807, 2.05) is 0 Å². The Hall–Kier alpha value is -1.37. The Morgan fingerprint density at radius 2 is 1.78 bits per heavy atom. The van der Waals surface area contributed by atoms with Gasteiger partial charge >= 0.3 is 6.18 Å². The summed E-state index contributed by atoms with van der Waals surface area (Å²) >= 11 is 0. The van der Waals surface area contributed by atoms with Crippen molar-refractivity contribution in [2.45, 2.75) is 12.6 Å². The van der Waals surface area contributed by atoms with Crippen LogP contribution in [-0.4, -0.2) is 26.1 Å². The van der Waals surface area contributed by atoms with Gasteiger partial charge in [0.15, 0.2) is 0 Å². The minimum Gasteiger partial charge on any atom is -0.364 e. The van der Waals surface area contributed by atoms with Crippen molar-refractivity contribution in [2.24, 2.45) is 5.73 Å². The van der Waals surface area contributed by atoms with Gasteiger partial charge in [-0.15, -0.1) is 0 Å². The van der Waals surface area contributed by atoms with Crippen molar-refractivity contribution < 1.29 is 22.0 Å². The molecule has 0 aliphatic carbocycles. The highest BCUT2D eigenvalue weighted by atomic mass is 19.4.